The number of pyridine rings is 1. The summed E-state index contributed by atoms with van der Waals surface area (Å²) in [5, 5.41) is 17.3. The molecule has 2 aromatic heterocycles. The van der Waals surface area contributed by atoms with Gasteiger partial charge in [0, 0.05) is 23.1 Å². The Labute approximate surface area is 139 Å². The standard InChI is InChI=1S/C16H20N2O2S2/c1-16(2,3)22-14-8-11(4-6-17-14)15(20)18-9-13(19)12-5-7-21-10-12/h4-8,10,13,19H,9H2,1-3H3,(H,18,20). The van der Waals surface area contributed by atoms with Crippen LogP contribution in [-0.2, 0) is 0 Å². The van der Waals surface area contributed by atoms with Gasteiger partial charge in [0.1, 0.15) is 0 Å². The van der Waals surface area contributed by atoms with Crippen LogP contribution in [0.4, 0.5) is 0 Å². The average Bonchev–Trinajstić information content (AvgIpc) is 2.97. The minimum absolute atomic E-state index is 0.0389. The largest absolute Gasteiger partial charge is 0.387 e. The second kappa shape index (κ2) is 7.26. The van der Waals surface area contributed by atoms with Crippen LogP contribution < -0.4 is 5.32 Å². The van der Waals surface area contributed by atoms with Crippen molar-refractivity contribution in [1.82, 2.24) is 10.3 Å². The first-order chi connectivity index (χ1) is 10.3. The lowest BCUT2D eigenvalue weighted by molar-refractivity contribution is 0.0916. The zero-order chi connectivity index (χ0) is 16.2. The predicted octanol–water partition coefficient (Wildman–Crippen LogP) is 3.50. The third-order valence-corrected chi connectivity index (χ3v) is 4.54. The number of aliphatic hydroxyl groups excluding tert-OH is 1. The van der Waals surface area contributed by atoms with Crippen LogP contribution in [0.1, 0.15) is 42.8 Å². The lowest BCUT2D eigenvalue weighted by Gasteiger charge is -2.17. The maximum Gasteiger partial charge on any atom is 0.251 e. The minimum Gasteiger partial charge on any atom is -0.387 e. The fourth-order valence-corrected chi connectivity index (χ4v) is 3.43. The Bertz CT molecular complexity index is 621. The topological polar surface area (TPSA) is 62.2 Å². The fourth-order valence-electron chi connectivity index (χ4n) is 1.79. The van der Waals surface area contributed by atoms with Crippen LogP contribution in [-0.4, -0.2) is 27.3 Å². The molecular formula is C16H20N2O2S2. The number of nitrogens with zero attached hydrogens (tertiary/aromatic N) is 1. The monoisotopic (exact) mass is 336 g/mol. The molecule has 4 nitrogen and oxygen atoms in total. The zero-order valence-electron chi connectivity index (χ0n) is 12.9. The highest BCUT2D eigenvalue weighted by atomic mass is 32.2. The molecule has 22 heavy (non-hydrogen) atoms. The zero-order valence-corrected chi connectivity index (χ0v) is 14.5. The summed E-state index contributed by atoms with van der Waals surface area (Å²) < 4.78 is 0.0389. The van der Waals surface area contributed by atoms with E-state index in [1.807, 2.05) is 16.8 Å². The van der Waals surface area contributed by atoms with Crippen molar-refractivity contribution in [2.24, 2.45) is 0 Å². The number of amides is 1. The average molecular weight is 336 g/mol. The molecule has 0 spiro atoms. The summed E-state index contributed by atoms with van der Waals surface area (Å²) in [5.74, 6) is -0.201. The van der Waals surface area contributed by atoms with Gasteiger partial charge in [-0.3, -0.25) is 4.79 Å². The van der Waals surface area contributed by atoms with Gasteiger partial charge >= 0.3 is 0 Å². The molecule has 0 aromatic carbocycles. The van der Waals surface area contributed by atoms with Crippen molar-refractivity contribution in [3.05, 3.63) is 46.3 Å². The molecule has 0 fully saturated rings. The number of thiophene rings is 1. The lowest BCUT2D eigenvalue weighted by atomic mass is 10.2. The van der Waals surface area contributed by atoms with Crippen molar-refractivity contribution >= 4 is 29.0 Å². The number of aromatic nitrogens is 1. The number of carbonyl (C=O) groups is 1. The second-order valence-corrected chi connectivity index (χ2v) is 8.51. The first-order valence-electron chi connectivity index (χ1n) is 6.98. The maximum atomic E-state index is 12.2. The van der Waals surface area contributed by atoms with E-state index in [4.69, 9.17) is 0 Å². The normalized spacial score (nSPS) is 12.9. The van der Waals surface area contributed by atoms with Gasteiger partial charge in [0.2, 0.25) is 0 Å². The molecule has 0 saturated heterocycles. The third kappa shape index (κ3) is 5.12. The first kappa shape index (κ1) is 17.0. The molecule has 2 N–H and O–H groups in total. The van der Waals surface area contributed by atoms with E-state index < -0.39 is 6.10 Å². The summed E-state index contributed by atoms with van der Waals surface area (Å²) in [6.45, 7) is 6.50. The van der Waals surface area contributed by atoms with Gasteiger partial charge in [-0.2, -0.15) is 11.3 Å². The van der Waals surface area contributed by atoms with Gasteiger partial charge in [-0.15, -0.1) is 11.8 Å². The highest BCUT2D eigenvalue weighted by Crippen LogP contribution is 2.30. The fraction of sp³-hybridized carbons (Fsp3) is 0.375. The van der Waals surface area contributed by atoms with E-state index in [1.165, 1.54) is 11.3 Å². The maximum absolute atomic E-state index is 12.2. The van der Waals surface area contributed by atoms with Crippen LogP contribution in [0.5, 0.6) is 0 Å². The summed E-state index contributed by atoms with van der Waals surface area (Å²) >= 11 is 3.14. The summed E-state index contributed by atoms with van der Waals surface area (Å²) in [6, 6.07) is 5.31. The molecule has 118 valence electrons. The van der Waals surface area contributed by atoms with Gasteiger partial charge in [-0.25, -0.2) is 4.98 Å². The second-order valence-electron chi connectivity index (χ2n) is 5.88. The van der Waals surface area contributed by atoms with Gasteiger partial charge in [0.15, 0.2) is 0 Å². The van der Waals surface area contributed by atoms with E-state index in [2.05, 4.69) is 31.1 Å². The number of thioether (sulfide) groups is 1. The Morgan fingerprint density at radius 2 is 2.23 bits per heavy atom. The molecule has 0 bridgehead atoms. The van der Waals surface area contributed by atoms with E-state index in [0.717, 1.165) is 10.6 Å². The van der Waals surface area contributed by atoms with E-state index in [9.17, 15) is 9.90 Å². The van der Waals surface area contributed by atoms with Gasteiger partial charge in [-0.05, 0) is 34.5 Å². The molecule has 6 heteroatoms. The molecule has 2 rings (SSSR count). The Hall–Kier alpha value is -1.37. The highest BCUT2D eigenvalue weighted by Gasteiger charge is 2.15. The van der Waals surface area contributed by atoms with Crippen LogP contribution in [0.3, 0.4) is 0 Å². The van der Waals surface area contributed by atoms with Crippen molar-refractivity contribution in [3.8, 4) is 0 Å². The molecule has 0 saturated carbocycles. The van der Waals surface area contributed by atoms with Crippen LogP contribution in [0.2, 0.25) is 0 Å². The third-order valence-electron chi connectivity index (χ3n) is 2.79. The van der Waals surface area contributed by atoms with Crippen LogP contribution in [0.15, 0.2) is 40.2 Å². The van der Waals surface area contributed by atoms with Crippen molar-refractivity contribution in [3.63, 3.8) is 0 Å². The number of carbonyl (C=O) groups excluding carboxylic acids is 1. The summed E-state index contributed by atoms with van der Waals surface area (Å²) in [5.41, 5.74) is 1.38. The van der Waals surface area contributed by atoms with E-state index in [1.54, 1.807) is 30.1 Å². The van der Waals surface area contributed by atoms with Crippen LogP contribution >= 0.6 is 23.1 Å². The Morgan fingerprint density at radius 3 is 2.86 bits per heavy atom. The molecule has 2 heterocycles. The van der Waals surface area contributed by atoms with E-state index >= 15 is 0 Å². The van der Waals surface area contributed by atoms with Gasteiger partial charge in [-0.1, -0.05) is 20.8 Å². The van der Waals surface area contributed by atoms with Crippen molar-refractivity contribution in [1.29, 1.82) is 0 Å². The predicted molar refractivity (Wildman–Crippen MR) is 91.5 cm³/mol. The van der Waals surface area contributed by atoms with Gasteiger partial charge in [0.05, 0.1) is 11.1 Å². The van der Waals surface area contributed by atoms with Crippen molar-refractivity contribution in [2.75, 3.05) is 6.54 Å². The minimum atomic E-state index is -0.680. The molecule has 1 atom stereocenters. The summed E-state index contributed by atoms with van der Waals surface area (Å²) in [7, 11) is 0. The number of hydrogen-bond donors (Lipinski definition) is 2. The molecule has 0 aliphatic rings. The van der Waals surface area contributed by atoms with Crippen LogP contribution in [0.25, 0.3) is 0 Å². The number of rotatable bonds is 5. The molecule has 0 radical (unpaired) electrons. The van der Waals surface area contributed by atoms with E-state index in [0.29, 0.717) is 5.56 Å². The van der Waals surface area contributed by atoms with Gasteiger partial charge < -0.3 is 10.4 Å². The van der Waals surface area contributed by atoms with Crippen molar-refractivity contribution in [2.45, 2.75) is 36.6 Å². The number of hydrogen-bond acceptors (Lipinski definition) is 5. The first-order valence-corrected chi connectivity index (χ1v) is 8.74. The molecule has 1 amide bonds. The number of nitrogens with one attached hydrogen (secondary N) is 1. The molecule has 0 aliphatic heterocycles. The Balaban J connectivity index is 1.96. The van der Waals surface area contributed by atoms with Crippen molar-refractivity contribution < 1.29 is 9.90 Å². The highest BCUT2D eigenvalue weighted by molar-refractivity contribution is 8.00. The van der Waals surface area contributed by atoms with Gasteiger partial charge in [0.25, 0.3) is 5.91 Å². The smallest absolute Gasteiger partial charge is 0.251 e. The SMILES string of the molecule is CC(C)(C)Sc1cc(C(=O)NCC(O)c2ccsc2)ccn1. The molecule has 0 aliphatic carbocycles. The summed E-state index contributed by atoms with van der Waals surface area (Å²) in [6.07, 6.45) is 0.957. The molecule has 2 aromatic rings. The van der Waals surface area contributed by atoms with Crippen LogP contribution in [0, 0.1) is 0 Å². The molecular weight excluding hydrogens is 316 g/mol. The quantitative estimate of drug-likeness (QED) is 0.821. The Kier molecular flexibility index (Phi) is 5.61. The number of aliphatic hydroxyl groups is 1. The summed E-state index contributed by atoms with van der Waals surface area (Å²) in [4.78, 5) is 16.5. The Morgan fingerprint density at radius 1 is 1.45 bits per heavy atom. The lowest BCUT2D eigenvalue weighted by Crippen LogP contribution is -2.28. The van der Waals surface area contributed by atoms with E-state index in [-0.39, 0.29) is 17.2 Å². The molecule has 1 unspecified atom stereocenters.